The van der Waals surface area contributed by atoms with Crippen molar-refractivity contribution in [1.29, 1.82) is 0 Å². The molecule has 1 aromatic heterocycles. The van der Waals surface area contributed by atoms with Crippen LogP contribution in [0.4, 0.5) is 4.39 Å². The number of thioether (sulfide) groups is 1. The number of nitrogens with one attached hydrogen (secondary N) is 1. The van der Waals surface area contributed by atoms with Crippen molar-refractivity contribution in [2.75, 3.05) is 18.9 Å². The van der Waals surface area contributed by atoms with Crippen LogP contribution in [0.5, 0.6) is 11.5 Å². The number of tetrazole rings is 1. The zero-order chi connectivity index (χ0) is 26.0. The normalized spacial score (nSPS) is 11.0. The number of rotatable bonds is 13. The Kier molecular flexibility index (Phi) is 10.2. The van der Waals surface area contributed by atoms with Crippen LogP contribution in [0.1, 0.15) is 24.5 Å². The van der Waals surface area contributed by atoms with Crippen LogP contribution in [0, 0.1) is 5.82 Å². The van der Waals surface area contributed by atoms with E-state index >= 15 is 0 Å². The first-order valence-corrected chi connectivity index (χ1v) is 13.9. The van der Waals surface area contributed by atoms with Gasteiger partial charge >= 0.3 is 0 Å². The predicted molar refractivity (Wildman–Crippen MR) is 147 cm³/mol. The van der Waals surface area contributed by atoms with Gasteiger partial charge in [-0.15, -0.1) is 5.10 Å². The van der Waals surface area contributed by atoms with Gasteiger partial charge in [0.25, 0.3) is 0 Å². The monoisotopic (exact) mass is 605 g/mol. The third kappa shape index (κ3) is 7.44. The van der Waals surface area contributed by atoms with Gasteiger partial charge in [-0.05, 0) is 72.3 Å². The van der Waals surface area contributed by atoms with Crippen molar-refractivity contribution in [2.45, 2.75) is 31.7 Å². The summed E-state index contributed by atoms with van der Waals surface area (Å²) in [5, 5.41) is 16.6. The SMILES string of the molecule is CCOc1cc(CNCCCSc2nnnn2-c2ccccc2)c(Br)cc1OCc1c(F)cccc1Cl. The first-order valence-electron chi connectivity index (χ1n) is 11.7. The minimum Gasteiger partial charge on any atom is -0.490 e. The molecule has 0 fully saturated rings. The van der Waals surface area contributed by atoms with E-state index in [0.29, 0.717) is 35.2 Å². The fourth-order valence-electron chi connectivity index (χ4n) is 3.50. The Morgan fingerprint density at radius 1 is 1.08 bits per heavy atom. The first-order chi connectivity index (χ1) is 18.1. The van der Waals surface area contributed by atoms with Crippen molar-refractivity contribution < 1.29 is 13.9 Å². The molecule has 0 radical (unpaired) electrons. The molecular weight excluding hydrogens is 581 g/mol. The fourth-order valence-corrected chi connectivity index (χ4v) is 5.01. The molecule has 1 heterocycles. The van der Waals surface area contributed by atoms with Crippen molar-refractivity contribution in [3.8, 4) is 17.2 Å². The summed E-state index contributed by atoms with van der Waals surface area (Å²) in [6.07, 6.45) is 0.937. The Bertz CT molecular complexity index is 1290. The molecule has 0 spiro atoms. The van der Waals surface area contributed by atoms with Crippen LogP contribution in [0.2, 0.25) is 5.02 Å². The van der Waals surface area contributed by atoms with E-state index in [9.17, 15) is 4.39 Å². The van der Waals surface area contributed by atoms with Gasteiger partial charge in [-0.3, -0.25) is 0 Å². The molecule has 0 saturated carbocycles. The molecule has 3 aromatic carbocycles. The van der Waals surface area contributed by atoms with Crippen LogP contribution < -0.4 is 14.8 Å². The highest BCUT2D eigenvalue weighted by Crippen LogP contribution is 2.35. The van der Waals surface area contributed by atoms with Crippen molar-refractivity contribution in [2.24, 2.45) is 0 Å². The van der Waals surface area contributed by atoms with E-state index in [-0.39, 0.29) is 6.61 Å². The van der Waals surface area contributed by atoms with Gasteiger partial charge in [0.2, 0.25) is 5.16 Å². The molecule has 11 heteroatoms. The molecular formula is C26H26BrClFN5O2S. The van der Waals surface area contributed by atoms with E-state index < -0.39 is 5.82 Å². The zero-order valence-electron chi connectivity index (χ0n) is 20.2. The van der Waals surface area contributed by atoms with Crippen molar-refractivity contribution >= 4 is 39.3 Å². The molecule has 0 aliphatic heterocycles. The van der Waals surface area contributed by atoms with Crippen LogP contribution >= 0.6 is 39.3 Å². The molecule has 4 aromatic rings. The topological polar surface area (TPSA) is 74.1 Å². The third-order valence-electron chi connectivity index (χ3n) is 5.33. The van der Waals surface area contributed by atoms with Gasteiger partial charge in [-0.1, -0.05) is 63.6 Å². The maximum Gasteiger partial charge on any atom is 0.214 e. The Morgan fingerprint density at radius 2 is 1.89 bits per heavy atom. The van der Waals surface area contributed by atoms with Crippen LogP contribution in [-0.4, -0.2) is 39.1 Å². The lowest BCUT2D eigenvalue weighted by molar-refractivity contribution is 0.265. The lowest BCUT2D eigenvalue weighted by atomic mass is 10.2. The van der Waals surface area contributed by atoms with Gasteiger partial charge in [-0.25, -0.2) is 4.39 Å². The molecule has 7 nitrogen and oxygen atoms in total. The second kappa shape index (κ2) is 13.8. The van der Waals surface area contributed by atoms with Crippen LogP contribution in [0.15, 0.2) is 70.3 Å². The second-order valence-corrected chi connectivity index (χ2v) is 10.2. The van der Waals surface area contributed by atoms with Gasteiger partial charge in [-0.2, -0.15) is 4.68 Å². The lowest BCUT2D eigenvalue weighted by Crippen LogP contribution is -2.16. The first kappa shape index (κ1) is 27.4. The maximum atomic E-state index is 14.1. The van der Waals surface area contributed by atoms with Crippen molar-refractivity contribution in [3.63, 3.8) is 0 Å². The van der Waals surface area contributed by atoms with Crippen LogP contribution in [-0.2, 0) is 13.2 Å². The number of benzene rings is 3. The third-order valence-corrected chi connectivity index (χ3v) is 7.43. The number of para-hydroxylation sites is 1. The van der Waals surface area contributed by atoms with Gasteiger partial charge in [0.05, 0.1) is 17.3 Å². The standard InChI is InChI=1S/C26H26BrClFN5O2S/c1-2-35-24-14-18(21(27)15-25(24)36-17-20-22(28)10-6-11-23(20)29)16-30-12-7-13-37-26-31-32-33-34(26)19-8-4-3-5-9-19/h3-6,8-11,14-15,30H,2,7,12-13,16-17H2,1H3. The Morgan fingerprint density at radius 3 is 2.68 bits per heavy atom. The van der Waals surface area contributed by atoms with Crippen LogP contribution in [0.3, 0.4) is 0 Å². The van der Waals surface area contributed by atoms with Gasteiger partial charge in [0.15, 0.2) is 11.5 Å². The zero-order valence-corrected chi connectivity index (χ0v) is 23.3. The molecule has 4 rings (SSSR count). The molecule has 0 aliphatic rings. The molecule has 194 valence electrons. The highest BCUT2D eigenvalue weighted by atomic mass is 79.9. The number of hydrogen-bond acceptors (Lipinski definition) is 7. The molecule has 0 unspecified atom stereocenters. The number of hydrogen-bond donors (Lipinski definition) is 1. The van der Waals surface area contributed by atoms with Crippen molar-refractivity contribution in [1.82, 2.24) is 25.5 Å². The molecule has 0 bridgehead atoms. The van der Waals surface area contributed by atoms with Gasteiger partial charge < -0.3 is 14.8 Å². The number of aromatic nitrogens is 4. The molecule has 0 atom stereocenters. The van der Waals surface area contributed by atoms with Crippen molar-refractivity contribution in [3.05, 3.63) is 87.1 Å². The summed E-state index contributed by atoms with van der Waals surface area (Å²) in [5.74, 6) is 1.58. The van der Waals surface area contributed by atoms with E-state index in [1.54, 1.807) is 28.6 Å². The predicted octanol–water partition coefficient (Wildman–Crippen LogP) is 6.47. The van der Waals surface area contributed by atoms with E-state index in [1.165, 1.54) is 6.07 Å². The summed E-state index contributed by atoms with van der Waals surface area (Å²) >= 11 is 11.4. The Balaban J connectivity index is 1.28. The molecule has 1 N–H and O–H groups in total. The van der Waals surface area contributed by atoms with Crippen LogP contribution in [0.25, 0.3) is 5.69 Å². The smallest absolute Gasteiger partial charge is 0.214 e. The number of nitrogens with zero attached hydrogens (tertiary/aromatic N) is 4. The molecule has 0 aliphatic carbocycles. The maximum absolute atomic E-state index is 14.1. The highest BCUT2D eigenvalue weighted by Gasteiger charge is 2.14. The Hall–Kier alpha value is -2.66. The molecule has 37 heavy (non-hydrogen) atoms. The lowest BCUT2D eigenvalue weighted by Gasteiger charge is -2.16. The minimum atomic E-state index is -0.403. The number of halogens is 3. The Labute approximate surface area is 232 Å². The highest BCUT2D eigenvalue weighted by molar-refractivity contribution is 9.10. The number of ether oxygens (including phenoxy) is 2. The summed E-state index contributed by atoms with van der Waals surface area (Å²) in [4.78, 5) is 0. The van der Waals surface area contributed by atoms with E-state index in [2.05, 4.69) is 36.8 Å². The van der Waals surface area contributed by atoms with E-state index in [4.69, 9.17) is 21.1 Å². The average Bonchev–Trinajstić information content (AvgIpc) is 3.37. The quantitative estimate of drug-likeness (QED) is 0.138. The summed E-state index contributed by atoms with van der Waals surface area (Å²) in [6, 6.07) is 18.2. The van der Waals surface area contributed by atoms with E-state index in [0.717, 1.165) is 39.6 Å². The minimum absolute atomic E-state index is 0.000830. The summed E-state index contributed by atoms with van der Waals surface area (Å²) in [7, 11) is 0. The summed E-state index contributed by atoms with van der Waals surface area (Å²) in [5.41, 5.74) is 2.28. The van der Waals surface area contributed by atoms with E-state index in [1.807, 2.05) is 49.4 Å². The van der Waals surface area contributed by atoms with Gasteiger partial charge in [0, 0.05) is 22.3 Å². The molecule has 0 amide bonds. The summed E-state index contributed by atoms with van der Waals surface area (Å²) in [6.45, 7) is 3.85. The summed E-state index contributed by atoms with van der Waals surface area (Å²) < 4.78 is 28.4. The largest absolute Gasteiger partial charge is 0.490 e. The average molecular weight is 607 g/mol. The molecule has 0 saturated heterocycles. The second-order valence-electron chi connectivity index (χ2n) is 7.90. The fraction of sp³-hybridized carbons (Fsp3) is 0.269. The van der Waals surface area contributed by atoms with Gasteiger partial charge in [0.1, 0.15) is 12.4 Å².